The predicted octanol–water partition coefficient (Wildman–Crippen LogP) is 3.55. The Hall–Kier alpha value is 1.25. The molecule has 0 unspecified atom stereocenters. The van der Waals surface area contributed by atoms with Crippen LogP contribution in [0.15, 0.2) is 0 Å². The molecule has 0 aromatic heterocycles. The molecule has 0 saturated heterocycles. The maximum absolute atomic E-state index is 4.11. The van der Waals surface area contributed by atoms with E-state index >= 15 is 0 Å². The van der Waals surface area contributed by atoms with Crippen LogP contribution in [0.2, 0.25) is 26.2 Å². The van der Waals surface area contributed by atoms with Crippen LogP contribution in [0.5, 0.6) is 0 Å². The topological polar surface area (TPSA) is 12.0 Å². The molecular formula is C10H29NP2Si2. The van der Waals surface area contributed by atoms with E-state index in [9.17, 15) is 0 Å². The van der Waals surface area contributed by atoms with Gasteiger partial charge in [-0.25, -0.2) is 0 Å². The van der Waals surface area contributed by atoms with E-state index in [1.54, 1.807) is 0 Å². The number of rotatable bonds is 6. The highest BCUT2D eigenvalue weighted by atomic mass is 31.1. The fourth-order valence-electron chi connectivity index (χ4n) is 2.58. The van der Waals surface area contributed by atoms with Crippen molar-refractivity contribution in [3.05, 3.63) is 0 Å². The van der Waals surface area contributed by atoms with Crippen LogP contribution in [-0.4, -0.2) is 54.7 Å². The van der Waals surface area contributed by atoms with Gasteiger partial charge in [0, 0.05) is 0 Å². The van der Waals surface area contributed by atoms with Crippen molar-refractivity contribution >= 4 is 32.3 Å². The van der Waals surface area contributed by atoms with Crippen molar-refractivity contribution in [2.45, 2.75) is 26.2 Å². The average Bonchev–Trinajstić information content (AvgIpc) is 1.73. The third kappa shape index (κ3) is 9.00. The van der Waals surface area contributed by atoms with Gasteiger partial charge in [-0.3, -0.25) is 0 Å². The lowest BCUT2D eigenvalue weighted by atomic mass is 11.8. The summed E-state index contributed by atoms with van der Waals surface area (Å²) in [6.07, 6.45) is 0. The molecule has 0 saturated carbocycles. The zero-order valence-electron chi connectivity index (χ0n) is 11.8. The quantitative estimate of drug-likeness (QED) is 0.580. The maximum atomic E-state index is 4.11. The van der Waals surface area contributed by atoms with E-state index < -0.39 is 16.5 Å². The third-order valence-electron chi connectivity index (χ3n) is 2.10. The first-order valence-corrected chi connectivity index (χ1v) is 16.9. The first-order valence-electron chi connectivity index (χ1n) is 5.63. The Morgan fingerprint density at radius 3 is 1.20 bits per heavy atom. The first-order chi connectivity index (χ1) is 6.54. The Morgan fingerprint density at radius 2 is 1.00 bits per heavy atom. The monoisotopic (exact) mass is 281 g/mol. The van der Waals surface area contributed by atoms with Gasteiger partial charge >= 0.3 is 0 Å². The molecule has 0 spiro atoms. The van der Waals surface area contributed by atoms with Crippen LogP contribution >= 0.6 is 15.8 Å². The van der Waals surface area contributed by atoms with Gasteiger partial charge in [-0.15, -0.1) is 15.8 Å². The van der Waals surface area contributed by atoms with Gasteiger partial charge < -0.3 is 4.65 Å². The smallest absolute Gasteiger partial charge is 0.117 e. The average molecular weight is 281 g/mol. The van der Waals surface area contributed by atoms with Gasteiger partial charge in [0.15, 0.2) is 0 Å². The molecule has 0 atom stereocenters. The fourth-order valence-corrected chi connectivity index (χ4v) is 24.6. The molecule has 92 valence electrons. The number of nitrogens with one attached hydrogen (secondary N) is 1. The normalized spacial score (nSPS) is 14.0. The maximum Gasteiger partial charge on any atom is 0.117 e. The highest BCUT2D eigenvalue weighted by Crippen LogP contribution is 2.31. The van der Waals surface area contributed by atoms with Gasteiger partial charge in [-0.2, -0.15) is 0 Å². The molecule has 1 N–H and O–H groups in total. The van der Waals surface area contributed by atoms with Gasteiger partial charge in [0.05, 0.1) is 0 Å². The van der Waals surface area contributed by atoms with Gasteiger partial charge in [0.2, 0.25) is 0 Å². The zero-order chi connectivity index (χ0) is 12.3. The van der Waals surface area contributed by atoms with E-state index in [0.29, 0.717) is 0 Å². The molecule has 0 heterocycles. The van der Waals surface area contributed by atoms with Crippen molar-refractivity contribution in [2.24, 2.45) is 0 Å². The zero-order valence-corrected chi connectivity index (χ0v) is 15.6. The summed E-state index contributed by atoms with van der Waals surface area (Å²) >= 11 is 0. The Bertz CT molecular complexity index is 174. The predicted molar refractivity (Wildman–Crippen MR) is 85.4 cm³/mol. The van der Waals surface area contributed by atoms with E-state index in [1.807, 2.05) is 0 Å². The van der Waals surface area contributed by atoms with E-state index in [4.69, 9.17) is 0 Å². The van der Waals surface area contributed by atoms with Crippen molar-refractivity contribution in [2.75, 3.05) is 38.2 Å². The minimum absolute atomic E-state index is 0.265. The Balaban J connectivity index is 4.29. The van der Waals surface area contributed by atoms with Crippen LogP contribution in [0.1, 0.15) is 0 Å². The van der Waals surface area contributed by atoms with E-state index in [0.717, 1.165) is 0 Å². The SMILES string of the molecule is CP(C)C[Si](C)(C)N[Si](C)(C)CP(C)C. The molecule has 0 aliphatic carbocycles. The fraction of sp³-hybridized carbons (Fsp3) is 1.00. The van der Waals surface area contributed by atoms with Crippen LogP contribution in [0.25, 0.3) is 0 Å². The first kappa shape index (κ1) is 16.3. The standard InChI is InChI=1S/C10H29NP2Si2/c1-12(2)9-14(5,6)11-15(7,8)10-13(3)4/h11H,9-10H2,1-8H3. The second kappa shape index (κ2) is 6.26. The van der Waals surface area contributed by atoms with Gasteiger partial charge in [-0.1, -0.05) is 26.2 Å². The minimum atomic E-state index is -1.12. The van der Waals surface area contributed by atoms with Crippen LogP contribution in [0.3, 0.4) is 0 Å². The summed E-state index contributed by atoms with van der Waals surface area (Å²) in [5, 5.41) is 0. The van der Waals surface area contributed by atoms with Crippen molar-refractivity contribution in [3.63, 3.8) is 0 Å². The molecular weight excluding hydrogens is 252 g/mol. The number of hydrogen-bond donors (Lipinski definition) is 1. The van der Waals surface area contributed by atoms with Crippen LogP contribution in [0.4, 0.5) is 0 Å². The molecule has 5 heteroatoms. The summed E-state index contributed by atoms with van der Waals surface area (Å²) in [7, 11) is -1.71. The Kier molecular flexibility index (Phi) is 6.78. The van der Waals surface area contributed by atoms with Crippen LogP contribution in [-0.2, 0) is 0 Å². The lowest BCUT2D eigenvalue weighted by Crippen LogP contribution is -2.62. The van der Waals surface area contributed by atoms with Gasteiger partial charge in [0.25, 0.3) is 0 Å². The summed E-state index contributed by atoms with van der Waals surface area (Å²) in [6, 6.07) is 0. The molecule has 0 aromatic rings. The van der Waals surface area contributed by atoms with E-state index in [-0.39, 0.29) is 15.8 Å². The summed E-state index contributed by atoms with van der Waals surface area (Å²) in [4.78, 5) is 0. The molecule has 15 heavy (non-hydrogen) atoms. The molecule has 0 aliphatic heterocycles. The third-order valence-corrected chi connectivity index (χ3v) is 18.9. The summed E-state index contributed by atoms with van der Waals surface area (Å²) in [6.45, 7) is 19.7. The van der Waals surface area contributed by atoms with E-state index in [1.165, 1.54) is 11.6 Å². The molecule has 0 aromatic carbocycles. The Morgan fingerprint density at radius 1 is 0.733 bits per heavy atom. The lowest BCUT2D eigenvalue weighted by molar-refractivity contribution is 1.29. The van der Waals surface area contributed by atoms with Gasteiger partial charge in [-0.05, 0) is 38.2 Å². The molecule has 0 bridgehead atoms. The minimum Gasteiger partial charge on any atom is -0.359 e. The summed E-state index contributed by atoms with van der Waals surface area (Å²) in [5.41, 5.74) is 0. The highest BCUT2D eigenvalue weighted by Gasteiger charge is 2.31. The van der Waals surface area contributed by atoms with E-state index in [2.05, 4.69) is 57.5 Å². The van der Waals surface area contributed by atoms with Crippen molar-refractivity contribution in [1.82, 2.24) is 4.65 Å². The Labute approximate surface area is 101 Å². The van der Waals surface area contributed by atoms with Crippen molar-refractivity contribution in [3.8, 4) is 0 Å². The molecule has 0 amide bonds. The van der Waals surface area contributed by atoms with Crippen LogP contribution < -0.4 is 4.65 Å². The molecule has 0 aliphatic rings. The number of hydrogen-bond acceptors (Lipinski definition) is 1. The van der Waals surface area contributed by atoms with Crippen molar-refractivity contribution < 1.29 is 0 Å². The van der Waals surface area contributed by atoms with Crippen molar-refractivity contribution in [1.29, 1.82) is 0 Å². The largest absolute Gasteiger partial charge is 0.359 e. The molecule has 0 radical (unpaired) electrons. The highest BCUT2D eigenvalue weighted by molar-refractivity contribution is 7.60. The summed E-state index contributed by atoms with van der Waals surface area (Å²) < 4.78 is 4.11. The molecule has 0 fully saturated rings. The van der Waals surface area contributed by atoms with Gasteiger partial charge in [0.1, 0.15) is 16.5 Å². The molecule has 0 rings (SSSR count). The molecule has 1 nitrogen and oxygen atoms in total. The second-order valence-electron chi connectivity index (χ2n) is 6.37. The van der Waals surface area contributed by atoms with Crippen LogP contribution in [0, 0.1) is 0 Å². The second-order valence-corrected chi connectivity index (χ2v) is 21.8. The lowest BCUT2D eigenvalue weighted by Gasteiger charge is -2.36. The summed E-state index contributed by atoms with van der Waals surface area (Å²) in [5.74, 6) is 2.95.